The summed E-state index contributed by atoms with van der Waals surface area (Å²) in [5.41, 5.74) is 0.298. The van der Waals surface area contributed by atoms with Gasteiger partial charge in [-0.25, -0.2) is 4.79 Å². The normalized spacial score (nSPS) is 19.8. The number of morpholine rings is 1. The van der Waals surface area contributed by atoms with Crippen molar-refractivity contribution in [2.75, 3.05) is 19.8 Å². The number of hydrogen-bond acceptors (Lipinski definition) is 4. The Labute approximate surface area is 127 Å². The van der Waals surface area contributed by atoms with E-state index < -0.39 is 5.60 Å². The molecule has 1 unspecified atom stereocenters. The van der Waals surface area contributed by atoms with Crippen LogP contribution in [0, 0.1) is 0 Å². The number of hydrogen-bond donors (Lipinski definition) is 0. The summed E-state index contributed by atoms with van der Waals surface area (Å²) in [5, 5.41) is 0. The van der Waals surface area contributed by atoms with Crippen LogP contribution in [0.5, 0.6) is 0 Å². The molecular formula is C14H19BrN2O3. The molecule has 6 heteroatoms. The van der Waals surface area contributed by atoms with E-state index in [1.807, 2.05) is 32.9 Å². The van der Waals surface area contributed by atoms with Crippen LogP contribution in [0.4, 0.5) is 4.79 Å². The zero-order valence-corrected chi connectivity index (χ0v) is 13.5. The molecular weight excluding hydrogens is 324 g/mol. The van der Waals surface area contributed by atoms with E-state index in [1.165, 1.54) is 0 Å². The molecule has 1 amide bonds. The van der Waals surface area contributed by atoms with Gasteiger partial charge in [-0.15, -0.1) is 0 Å². The SMILES string of the molecule is CC(C)(C)OC(=O)N1CCOCC1c1ccc(Br)cn1. The largest absolute Gasteiger partial charge is 0.444 e. The fraction of sp³-hybridized carbons (Fsp3) is 0.571. The topological polar surface area (TPSA) is 51.7 Å². The first-order valence-electron chi connectivity index (χ1n) is 6.55. The molecule has 0 N–H and O–H groups in total. The lowest BCUT2D eigenvalue weighted by Gasteiger charge is -2.36. The molecule has 0 aliphatic carbocycles. The minimum Gasteiger partial charge on any atom is -0.444 e. The molecule has 1 aromatic heterocycles. The molecule has 0 aromatic carbocycles. The van der Waals surface area contributed by atoms with Crippen LogP contribution in [0.25, 0.3) is 0 Å². The van der Waals surface area contributed by atoms with Crippen molar-refractivity contribution >= 4 is 22.0 Å². The van der Waals surface area contributed by atoms with E-state index in [2.05, 4.69) is 20.9 Å². The fourth-order valence-electron chi connectivity index (χ4n) is 1.97. The average Bonchev–Trinajstić information content (AvgIpc) is 2.38. The summed E-state index contributed by atoms with van der Waals surface area (Å²) in [7, 11) is 0. The lowest BCUT2D eigenvalue weighted by Crippen LogP contribution is -2.45. The van der Waals surface area contributed by atoms with Crippen molar-refractivity contribution in [3.8, 4) is 0 Å². The van der Waals surface area contributed by atoms with Crippen LogP contribution in [0.15, 0.2) is 22.8 Å². The van der Waals surface area contributed by atoms with Gasteiger partial charge in [-0.3, -0.25) is 9.88 Å². The number of nitrogens with zero attached hydrogens (tertiary/aromatic N) is 2. The van der Waals surface area contributed by atoms with E-state index in [1.54, 1.807) is 11.1 Å². The Morgan fingerprint density at radius 1 is 1.50 bits per heavy atom. The van der Waals surface area contributed by atoms with Crippen molar-refractivity contribution in [2.45, 2.75) is 32.4 Å². The third kappa shape index (κ3) is 3.93. The van der Waals surface area contributed by atoms with Crippen molar-refractivity contribution in [1.82, 2.24) is 9.88 Å². The van der Waals surface area contributed by atoms with Crippen LogP contribution in [0.2, 0.25) is 0 Å². The van der Waals surface area contributed by atoms with Gasteiger partial charge in [0.2, 0.25) is 0 Å². The predicted molar refractivity (Wildman–Crippen MR) is 78.4 cm³/mol. The van der Waals surface area contributed by atoms with Gasteiger partial charge in [0, 0.05) is 17.2 Å². The quantitative estimate of drug-likeness (QED) is 0.786. The first kappa shape index (κ1) is 15.3. The maximum atomic E-state index is 12.3. The maximum absolute atomic E-state index is 12.3. The van der Waals surface area contributed by atoms with E-state index in [0.29, 0.717) is 19.8 Å². The van der Waals surface area contributed by atoms with Crippen LogP contribution >= 0.6 is 15.9 Å². The number of pyridine rings is 1. The van der Waals surface area contributed by atoms with Gasteiger partial charge in [-0.05, 0) is 48.8 Å². The highest BCUT2D eigenvalue weighted by Crippen LogP contribution is 2.25. The molecule has 1 aliphatic rings. The van der Waals surface area contributed by atoms with Crippen LogP contribution < -0.4 is 0 Å². The van der Waals surface area contributed by atoms with E-state index in [9.17, 15) is 4.79 Å². The van der Waals surface area contributed by atoms with Gasteiger partial charge < -0.3 is 9.47 Å². The van der Waals surface area contributed by atoms with Crippen molar-refractivity contribution < 1.29 is 14.3 Å². The van der Waals surface area contributed by atoms with Gasteiger partial charge >= 0.3 is 6.09 Å². The Balaban J connectivity index is 2.16. The third-order valence-corrected chi connectivity index (χ3v) is 3.32. The summed E-state index contributed by atoms with van der Waals surface area (Å²) in [6.45, 7) is 7.05. The Hall–Kier alpha value is -1.14. The van der Waals surface area contributed by atoms with Gasteiger partial charge in [0.25, 0.3) is 0 Å². The predicted octanol–water partition coefficient (Wildman–Crippen LogP) is 3.15. The first-order chi connectivity index (χ1) is 9.37. The molecule has 1 atom stereocenters. The highest BCUT2D eigenvalue weighted by molar-refractivity contribution is 9.10. The number of carbonyl (C=O) groups is 1. The van der Waals surface area contributed by atoms with Gasteiger partial charge in [-0.2, -0.15) is 0 Å². The number of halogens is 1. The van der Waals surface area contributed by atoms with Gasteiger partial charge in [0.1, 0.15) is 11.6 Å². The minimum atomic E-state index is -0.507. The Morgan fingerprint density at radius 3 is 2.85 bits per heavy atom. The van der Waals surface area contributed by atoms with Gasteiger partial charge in [-0.1, -0.05) is 0 Å². The Morgan fingerprint density at radius 2 is 2.25 bits per heavy atom. The molecule has 5 nitrogen and oxygen atoms in total. The Bertz CT molecular complexity index is 470. The zero-order valence-electron chi connectivity index (χ0n) is 11.9. The van der Waals surface area contributed by atoms with E-state index >= 15 is 0 Å². The number of aromatic nitrogens is 1. The van der Waals surface area contributed by atoms with Crippen molar-refractivity contribution in [1.29, 1.82) is 0 Å². The molecule has 0 saturated carbocycles. The second-order valence-corrected chi connectivity index (χ2v) is 6.58. The highest BCUT2D eigenvalue weighted by atomic mass is 79.9. The summed E-state index contributed by atoms with van der Waals surface area (Å²) < 4.78 is 11.8. The summed E-state index contributed by atoms with van der Waals surface area (Å²) in [6, 6.07) is 3.59. The van der Waals surface area contributed by atoms with Crippen LogP contribution in [-0.4, -0.2) is 41.3 Å². The molecule has 1 saturated heterocycles. The Kier molecular flexibility index (Phi) is 4.65. The highest BCUT2D eigenvalue weighted by Gasteiger charge is 2.32. The second kappa shape index (κ2) is 6.10. The van der Waals surface area contributed by atoms with E-state index in [-0.39, 0.29) is 12.1 Å². The molecule has 0 radical (unpaired) electrons. The lowest BCUT2D eigenvalue weighted by molar-refractivity contribution is -0.0340. The first-order valence-corrected chi connectivity index (χ1v) is 7.35. The average molecular weight is 343 g/mol. The summed E-state index contributed by atoms with van der Waals surface area (Å²) in [6.07, 6.45) is 1.40. The molecule has 20 heavy (non-hydrogen) atoms. The second-order valence-electron chi connectivity index (χ2n) is 5.67. The van der Waals surface area contributed by atoms with Crippen molar-refractivity contribution in [2.24, 2.45) is 0 Å². The molecule has 1 aromatic rings. The standard InChI is InChI=1S/C14H19BrN2O3/c1-14(2,3)20-13(18)17-6-7-19-9-12(17)11-5-4-10(15)8-16-11/h4-5,8,12H,6-7,9H2,1-3H3. The summed E-state index contributed by atoms with van der Waals surface area (Å²) in [4.78, 5) is 18.3. The zero-order chi connectivity index (χ0) is 14.8. The van der Waals surface area contributed by atoms with Gasteiger partial charge in [0.15, 0.2) is 0 Å². The summed E-state index contributed by atoms with van der Waals surface area (Å²) in [5.74, 6) is 0. The molecule has 0 spiro atoms. The third-order valence-electron chi connectivity index (χ3n) is 2.85. The molecule has 2 heterocycles. The smallest absolute Gasteiger partial charge is 0.411 e. The maximum Gasteiger partial charge on any atom is 0.411 e. The number of rotatable bonds is 1. The van der Waals surface area contributed by atoms with Gasteiger partial charge in [0.05, 0.1) is 18.9 Å². The number of ether oxygens (including phenoxy) is 2. The monoisotopic (exact) mass is 342 g/mol. The van der Waals surface area contributed by atoms with Crippen LogP contribution in [0.3, 0.4) is 0 Å². The molecule has 1 aliphatic heterocycles. The number of carbonyl (C=O) groups excluding carboxylic acids is 1. The van der Waals surface area contributed by atoms with E-state index in [0.717, 1.165) is 10.2 Å². The summed E-state index contributed by atoms with van der Waals surface area (Å²) >= 11 is 3.35. The van der Waals surface area contributed by atoms with Crippen molar-refractivity contribution in [3.05, 3.63) is 28.5 Å². The molecule has 0 bridgehead atoms. The van der Waals surface area contributed by atoms with Crippen molar-refractivity contribution in [3.63, 3.8) is 0 Å². The van der Waals surface area contributed by atoms with E-state index in [4.69, 9.17) is 9.47 Å². The van der Waals surface area contributed by atoms with Crippen LogP contribution in [-0.2, 0) is 9.47 Å². The minimum absolute atomic E-state index is 0.202. The fourth-order valence-corrected chi connectivity index (χ4v) is 2.21. The number of amides is 1. The molecule has 1 fully saturated rings. The van der Waals surface area contributed by atoms with Crippen LogP contribution in [0.1, 0.15) is 32.5 Å². The lowest BCUT2D eigenvalue weighted by atomic mass is 10.1. The molecule has 2 rings (SSSR count). The molecule has 110 valence electrons.